The third kappa shape index (κ3) is 2.57. The fourth-order valence-corrected chi connectivity index (χ4v) is 2.95. The van der Waals surface area contributed by atoms with Gasteiger partial charge in [-0.05, 0) is 35.7 Å². The van der Waals surface area contributed by atoms with Gasteiger partial charge in [-0.2, -0.15) is 0 Å². The maximum Gasteiger partial charge on any atom is 0.289 e. The summed E-state index contributed by atoms with van der Waals surface area (Å²) in [4.78, 5) is 15.1. The average Bonchev–Trinajstić information content (AvgIpc) is 3.06. The molecule has 2 aromatic heterocycles. The van der Waals surface area contributed by atoms with Crippen molar-refractivity contribution >= 4 is 39.8 Å². The normalized spacial score (nSPS) is 10.9. The van der Waals surface area contributed by atoms with Crippen LogP contribution < -0.4 is 0 Å². The highest BCUT2D eigenvalue weighted by Crippen LogP contribution is 2.24. The Bertz CT molecular complexity index is 748. The molecule has 20 heavy (non-hydrogen) atoms. The van der Waals surface area contributed by atoms with E-state index in [9.17, 15) is 4.79 Å². The van der Waals surface area contributed by atoms with Crippen LogP contribution in [0.5, 0.6) is 0 Å². The van der Waals surface area contributed by atoms with E-state index in [0.717, 1.165) is 10.3 Å². The number of carbonyl (C=O) groups excluding carboxylic acids is 1. The van der Waals surface area contributed by atoms with Gasteiger partial charge in [-0.3, -0.25) is 4.79 Å². The molecule has 2 heterocycles. The fourth-order valence-electron chi connectivity index (χ4n) is 2.02. The van der Waals surface area contributed by atoms with Crippen molar-refractivity contribution < 1.29 is 9.21 Å². The summed E-state index contributed by atoms with van der Waals surface area (Å²) >= 11 is 7.56. The molecule has 0 bridgehead atoms. The van der Waals surface area contributed by atoms with Crippen LogP contribution in [-0.4, -0.2) is 17.9 Å². The Labute approximate surface area is 125 Å². The molecule has 0 fully saturated rings. The Morgan fingerprint density at radius 1 is 1.35 bits per heavy atom. The summed E-state index contributed by atoms with van der Waals surface area (Å²) in [6, 6.07) is 11.0. The molecule has 3 nitrogen and oxygen atoms in total. The van der Waals surface area contributed by atoms with E-state index in [2.05, 4.69) is 0 Å². The van der Waals surface area contributed by atoms with Crippen molar-refractivity contribution in [2.45, 2.75) is 6.54 Å². The lowest BCUT2D eigenvalue weighted by atomic mass is 10.2. The molecular formula is C15H12ClNO2S. The SMILES string of the molecule is CN(Cc1cccs1)C(=O)c1cc2cc(Cl)ccc2o1. The molecule has 0 atom stereocenters. The van der Waals surface area contributed by atoms with E-state index in [1.54, 1.807) is 47.5 Å². The molecule has 3 rings (SSSR count). The number of rotatable bonds is 3. The van der Waals surface area contributed by atoms with Crippen LogP contribution in [0.2, 0.25) is 5.02 Å². The van der Waals surface area contributed by atoms with E-state index in [1.165, 1.54) is 0 Å². The molecule has 0 saturated heterocycles. The number of amides is 1. The van der Waals surface area contributed by atoms with Crippen LogP contribution >= 0.6 is 22.9 Å². The van der Waals surface area contributed by atoms with Gasteiger partial charge in [0.2, 0.25) is 0 Å². The van der Waals surface area contributed by atoms with Crippen molar-refractivity contribution in [3.05, 3.63) is 57.4 Å². The highest BCUT2D eigenvalue weighted by atomic mass is 35.5. The second-order valence-corrected chi connectivity index (χ2v) is 6.00. The van der Waals surface area contributed by atoms with E-state index < -0.39 is 0 Å². The van der Waals surface area contributed by atoms with Crippen molar-refractivity contribution in [2.24, 2.45) is 0 Å². The van der Waals surface area contributed by atoms with E-state index in [1.807, 2.05) is 17.5 Å². The largest absolute Gasteiger partial charge is 0.451 e. The number of halogens is 1. The number of nitrogens with zero attached hydrogens (tertiary/aromatic N) is 1. The van der Waals surface area contributed by atoms with Crippen LogP contribution in [0, 0.1) is 0 Å². The molecule has 0 unspecified atom stereocenters. The molecule has 102 valence electrons. The van der Waals surface area contributed by atoms with E-state index in [-0.39, 0.29) is 5.91 Å². The molecule has 0 spiro atoms. The quantitative estimate of drug-likeness (QED) is 0.717. The molecule has 0 radical (unpaired) electrons. The standard InChI is InChI=1S/C15H12ClNO2S/c1-17(9-12-3-2-6-20-12)15(18)14-8-10-7-11(16)4-5-13(10)19-14/h2-8H,9H2,1H3. The summed E-state index contributed by atoms with van der Waals surface area (Å²) in [5.74, 6) is 0.201. The Morgan fingerprint density at radius 3 is 2.95 bits per heavy atom. The second-order valence-electron chi connectivity index (χ2n) is 4.53. The Balaban J connectivity index is 1.84. The Morgan fingerprint density at radius 2 is 2.20 bits per heavy atom. The fraction of sp³-hybridized carbons (Fsp3) is 0.133. The van der Waals surface area contributed by atoms with Gasteiger partial charge >= 0.3 is 0 Å². The van der Waals surface area contributed by atoms with Gasteiger partial charge in [0.15, 0.2) is 5.76 Å². The lowest BCUT2D eigenvalue weighted by Gasteiger charge is -2.14. The van der Waals surface area contributed by atoms with Gasteiger partial charge in [-0.15, -0.1) is 11.3 Å². The van der Waals surface area contributed by atoms with Crippen molar-refractivity contribution in [3.63, 3.8) is 0 Å². The highest BCUT2D eigenvalue weighted by molar-refractivity contribution is 7.09. The zero-order chi connectivity index (χ0) is 14.1. The van der Waals surface area contributed by atoms with Crippen LogP contribution in [0.25, 0.3) is 11.0 Å². The highest BCUT2D eigenvalue weighted by Gasteiger charge is 2.17. The van der Waals surface area contributed by atoms with Crippen molar-refractivity contribution in [1.82, 2.24) is 4.90 Å². The van der Waals surface area contributed by atoms with Gasteiger partial charge in [0.05, 0.1) is 6.54 Å². The molecule has 1 aromatic carbocycles. The van der Waals surface area contributed by atoms with Gasteiger partial charge in [-0.1, -0.05) is 17.7 Å². The monoisotopic (exact) mass is 305 g/mol. The molecule has 3 aromatic rings. The minimum Gasteiger partial charge on any atom is -0.451 e. The zero-order valence-corrected chi connectivity index (χ0v) is 12.4. The van der Waals surface area contributed by atoms with Crippen LogP contribution in [0.4, 0.5) is 0 Å². The van der Waals surface area contributed by atoms with Crippen LogP contribution in [0.3, 0.4) is 0 Å². The van der Waals surface area contributed by atoms with Crippen molar-refractivity contribution in [3.8, 4) is 0 Å². The van der Waals surface area contributed by atoms with Gasteiger partial charge in [-0.25, -0.2) is 0 Å². The molecule has 5 heteroatoms. The first-order valence-electron chi connectivity index (χ1n) is 6.10. The number of hydrogen-bond acceptors (Lipinski definition) is 3. The second kappa shape index (κ2) is 5.31. The number of hydrogen-bond donors (Lipinski definition) is 0. The van der Waals surface area contributed by atoms with Crippen molar-refractivity contribution in [1.29, 1.82) is 0 Å². The number of thiophene rings is 1. The average molecular weight is 306 g/mol. The number of furan rings is 1. The summed E-state index contributed by atoms with van der Waals surface area (Å²) in [6.45, 7) is 0.578. The summed E-state index contributed by atoms with van der Waals surface area (Å²) in [7, 11) is 1.77. The van der Waals surface area contributed by atoms with Crippen LogP contribution in [-0.2, 0) is 6.54 Å². The van der Waals surface area contributed by atoms with Crippen molar-refractivity contribution in [2.75, 3.05) is 7.05 Å². The molecule has 0 saturated carbocycles. The minimum absolute atomic E-state index is 0.134. The predicted octanol–water partition coefficient (Wildman–Crippen LogP) is 4.42. The van der Waals surface area contributed by atoms with E-state index >= 15 is 0 Å². The zero-order valence-electron chi connectivity index (χ0n) is 10.8. The van der Waals surface area contributed by atoms with E-state index in [4.69, 9.17) is 16.0 Å². The molecule has 1 amide bonds. The summed E-state index contributed by atoms with van der Waals surface area (Å²) in [5.41, 5.74) is 0.669. The first-order valence-corrected chi connectivity index (χ1v) is 7.36. The summed E-state index contributed by atoms with van der Waals surface area (Å²) < 4.78 is 5.58. The number of benzene rings is 1. The Kier molecular flexibility index (Phi) is 3.51. The molecule has 0 N–H and O–H groups in total. The maximum absolute atomic E-state index is 12.3. The lowest BCUT2D eigenvalue weighted by Crippen LogP contribution is -2.25. The van der Waals surface area contributed by atoms with Crippen LogP contribution in [0.15, 0.2) is 46.2 Å². The number of fused-ring (bicyclic) bond motifs is 1. The molecule has 0 aliphatic rings. The third-order valence-corrected chi connectivity index (χ3v) is 4.11. The minimum atomic E-state index is -0.134. The first-order chi connectivity index (χ1) is 9.63. The lowest BCUT2D eigenvalue weighted by molar-refractivity contribution is 0.0757. The summed E-state index contributed by atoms with van der Waals surface area (Å²) in [5, 5.41) is 3.46. The van der Waals surface area contributed by atoms with Gasteiger partial charge < -0.3 is 9.32 Å². The maximum atomic E-state index is 12.3. The van der Waals surface area contributed by atoms with E-state index in [0.29, 0.717) is 22.9 Å². The van der Waals surface area contributed by atoms with Gasteiger partial charge in [0, 0.05) is 22.3 Å². The molecular weight excluding hydrogens is 294 g/mol. The molecule has 0 aliphatic heterocycles. The molecule has 0 aliphatic carbocycles. The predicted molar refractivity (Wildman–Crippen MR) is 81.3 cm³/mol. The van der Waals surface area contributed by atoms with Crippen LogP contribution in [0.1, 0.15) is 15.4 Å². The smallest absolute Gasteiger partial charge is 0.289 e. The third-order valence-electron chi connectivity index (χ3n) is 3.01. The van der Waals surface area contributed by atoms with Gasteiger partial charge in [0.1, 0.15) is 5.58 Å². The summed E-state index contributed by atoms with van der Waals surface area (Å²) in [6.07, 6.45) is 0. The first kappa shape index (κ1) is 13.2. The number of carbonyl (C=O) groups is 1. The topological polar surface area (TPSA) is 33.5 Å². The Hall–Kier alpha value is -1.78. The van der Waals surface area contributed by atoms with Gasteiger partial charge in [0.25, 0.3) is 5.91 Å².